The fraction of sp³-hybridized carbons (Fsp3) is 0.259. The molecular formula is C27H26N2O5. The molecule has 3 N–H and O–H groups in total. The number of anilines is 1. The minimum Gasteiger partial charge on any atom is -0.504 e. The molecule has 0 aliphatic carbocycles. The first kappa shape index (κ1) is 22.0. The molecule has 34 heavy (non-hydrogen) atoms. The summed E-state index contributed by atoms with van der Waals surface area (Å²) in [4.78, 5) is 29.9. The SMILES string of the molecule is COc1ccccc1[C@H]1CN(C)C2(C(=O)Nc3ccc(C)cc32)[C@H]1C(=O)c1ccc(O)c(O)c1. The van der Waals surface area contributed by atoms with Crippen molar-refractivity contribution in [2.75, 3.05) is 26.0 Å². The molecule has 1 fully saturated rings. The van der Waals surface area contributed by atoms with Gasteiger partial charge in [0.25, 0.3) is 0 Å². The van der Waals surface area contributed by atoms with Gasteiger partial charge in [0.2, 0.25) is 5.91 Å². The molecule has 5 rings (SSSR count). The number of rotatable bonds is 4. The number of carbonyl (C=O) groups is 2. The standard InChI is InChI=1S/C27H26N2O5/c1-15-8-10-20-19(12-15)27(26(33)28-20)24(25(32)16-9-11-21(30)22(31)13-16)18(14-29(27)2)17-6-4-5-7-23(17)34-3/h4-13,18,24,30-31H,14H2,1-3H3,(H,28,33)/t18-,24-,27?/m1/s1. The quantitative estimate of drug-likeness (QED) is 0.406. The van der Waals surface area contributed by atoms with Crippen LogP contribution in [0.3, 0.4) is 0 Å². The Morgan fingerprint density at radius 2 is 1.85 bits per heavy atom. The Kier molecular flexibility index (Phi) is 5.10. The summed E-state index contributed by atoms with van der Waals surface area (Å²) in [5, 5.41) is 22.9. The second kappa shape index (κ2) is 7.88. The van der Waals surface area contributed by atoms with Gasteiger partial charge in [0.1, 0.15) is 11.3 Å². The number of likely N-dealkylation sites (tertiary alicyclic amines) is 1. The van der Waals surface area contributed by atoms with Gasteiger partial charge in [-0.1, -0.05) is 35.9 Å². The van der Waals surface area contributed by atoms with Crippen LogP contribution in [0.15, 0.2) is 60.7 Å². The number of likely N-dealkylation sites (N-methyl/N-ethyl adjacent to an activating group) is 1. The summed E-state index contributed by atoms with van der Waals surface area (Å²) in [6.07, 6.45) is 0. The zero-order valence-electron chi connectivity index (χ0n) is 19.2. The number of aromatic hydroxyl groups is 2. The van der Waals surface area contributed by atoms with Crippen molar-refractivity contribution in [1.82, 2.24) is 4.90 Å². The molecule has 2 aliphatic rings. The predicted molar refractivity (Wildman–Crippen MR) is 127 cm³/mol. The Labute approximate surface area is 197 Å². The van der Waals surface area contributed by atoms with E-state index in [1.165, 1.54) is 18.2 Å². The fourth-order valence-corrected chi connectivity index (χ4v) is 5.66. The fourth-order valence-electron chi connectivity index (χ4n) is 5.66. The Balaban J connectivity index is 1.76. The van der Waals surface area contributed by atoms with Crippen LogP contribution in [0.1, 0.15) is 33.0 Å². The molecule has 0 radical (unpaired) electrons. The highest BCUT2D eigenvalue weighted by molar-refractivity contribution is 6.12. The number of para-hydroxylation sites is 1. The maximum atomic E-state index is 14.2. The third-order valence-corrected chi connectivity index (χ3v) is 7.19. The van der Waals surface area contributed by atoms with Crippen molar-refractivity contribution < 1.29 is 24.5 Å². The Bertz CT molecular complexity index is 1320. The summed E-state index contributed by atoms with van der Waals surface area (Å²) in [5.74, 6) is -1.76. The van der Waals surface area contributed by atoms with Crippen LogP contribution in [0.25, 0.3) is 0 Å². The van der Waals surface area contributed by atoms with E-state index in [9.17, 15) is 19.8 Å². The molecule has 3 atom stereocenters. The van der Waals surface area contributed by atoms with Crippen LogP contribution in [0, 0.1) is 12.8 Å². The van der Waals surface area contributed by atoms with Crippen molar-refractivity contribution in [3.05, 3.63) is 82.9 Å². The summed E-state index contributed by atoms with van der Waals surface area (Å²) >= 11 is 0. The highest BCUT2D eigenvalue weighted by Gasteiger charge is 2.64. The smallest absolute Gasteiger partial charge is 0.250 e. The molecule has 7 heteroatoms. The number of hydrogen-bond acceptors (Lipinski definition) is 6. The minimum absolute atomic E-state index is 0.226. The summed E-state index contributed by atoms with van der Waals surface area (Å²) in [6.45, 7) is 2.40. The van der Waals surface area contributed by atoms with Gasteiger partial charge in [-0.15, -0.1) is 0 Å². The summed E-state index contributed by atoms with van der Waals surface area (Å²) in [6, 6.07) is 17.3. The lowest BCUT2D eigenvalue weighted by Gasteiger charge is -2.35. The second-order valence-corrected chi connectivity index (χ2v) is 9.04. The molecule has 0 bridgehead atoms. The third kappa shape index (κ3) is 3.00. The molecule has 7 nitrogen and oxygen atoms in total. The highest BCUT2D eigenvalue weighted by atomic mass is 16.5. The van der Waals surface area contributed by atoms with Crippen LogP contribution < -0.4 is 10.1 Å². The van der Waals surface area contributed by atoms with Gasteiger partial charge in [-0.05, 0) is 49.9 Å². The number of ether oxygens (including phenoxy) is 1. The number of nitrogens with one attached hydrogen (secondary N) is 1. The molecular weight excluding hydrogens is 432 g/mol. The highest BCUT2D eigenvalue weighted by Crippen LogP contribution is 2.56. The maximum absolute atomic E-state index is 14.2. The molecule has 0 aromatic heterocycles. The third-order valence-electron chi connectivity index (χ3n) is 7.19. The average molecular weight is 459 g/mol. The Morgan fingerprint density at radius 3 is 2.59 bits per heavy atom. The van der Waals surface area contributed by atoms with E-state index in [1.807, 2.05) is 61.3 Å². The predicted octanol–water partition coefficient (Wildman–Crippen LogP) is 3.79. The molecule has 3 aromatic carbocycles. The van der Waals surface area contributed by atoms with Crippen LogP contribution in [0.5, 0.6) is 17.2 Å². The van der Waals surface area contributed by atoms with Crippen LogP contribution in [0.2, 0.25) is 0 Å². The number of amides is 1. The zero-order valence-corrected chi connectivity index (χ0v) is 19.2. The van der Waals surface area contributed by atoms with Crippen molar-refractivity contribution in [3.8, 4) is 17.2 Å². The largest absolute Gasteiger partial charge is 0.504 e. The van der Waals surface area contributed by atoms with Gasteiger partial charge in [0, 0.05) is 29.3 Å². The van der Waals surface area contributed by atoms with E-state index in [2.05, 4.69) is 5.32 Å². The number of carbonyl (C=O) groups excluding carboxylic acids is 2. The number of hydrogen-bond donors (Lipinski definition) is 3. The van der Waals surface area contributed by atoms with Gasteiger partial charge < -0.3 is 20.3 Å². The van der Waals surface area contributed by atoms with E-state index in [-0.39, 0.29) is 34.7 Å². The number of nitrogens with zero attached hydrogens (tertiary/aromatic N) is 1. The zero-order chi connectivity index (χ0) is 24.2. The monoisotopic (exact) mass is 458 g/mol. The van der Waals surface area contributed by atoms with Crippen molar-refractivity contribution >= 4 is 17.4 Å². The molecule has 0 saturated carbocycles. The van der Waals surface area contributed by atoms with Gasteiger partial charge >= 0.3 is 0 Å². The first-order valence-electron chi connectivity index (χ1n) is 11.1. The minimum atomic E-state index is -1.24. The number of phenols is 2. The normalized spacial score (nSPS) is 23.7. The van der Waals surface area contributed by atoms with Crippen molar-refractivity contribution in [1.29, 1.82) is 0 Å². The molecule has 1 amide bonds. The van der Waals surface area contributed by atoms with Gasteiger partial charge in [0.15, 0.2) is 17.3 Å². The number of methoxy groups -OCH3 is 1. The van der Waals surface area contributed by atoms with Crippen molar-refractivity contribution in [3.63, 3.8) is 0 Å². The van der Waals surface area contributed by atoms with E-state index in [0.29, 0.717) is 18.0 Å². The van der Waals surface area contributed by atoms with Crippen LogP contribution in [-0.4, -0.2) is 47.5 Å². The molecule has 1 unspecified atom stereocenters. The molecule has 1 saturated heterocycles. The second-order valence-electron chi connectivity index (χ2n) is 9.04. The first-order valence-corrected chi connectivity index (χ1v) is 11.1. The summed E-state index contributed by atoms with van der Waals surface area (Å²) in [5.41, 5.74) is 2.26. The topological polar surface area (TPSA) is 99.1 Å². The van der Waals surface area contributed by atoms with Gasteiger partial charge in [-0.2, -0.15) is 0 Å². The average Bonchev–Trinajstić information content (AvgIpc) is 3.29. The lowest BCUT2D eigenvalue weighted by molar-refractivity contribution is -0.126. The van der Waals surface area contributed by atoms with Crippen molar-refractivity contribution in [2.45, 2.75) is 18.4 Å². The summed E-state index contributed by atoms with van der Waals surface area (Å²) < 4.78 is 5.62. The number of aryl methyl sites for hydroxylation is 1. The Hall–Kier alpha value is -3.84. The van der Waals surface area contributed by atoms with Gasteiger partial charge in [0.05, 0.1) is 13.0 Å². The van der Waals surface area contributed by atoms with E-state index in [1.54, 1.807) is 7.11 Å². The van der Waals surface area contributed by atoms with Crippen LogP contribution in [-0.2, 0) is 10.3 Å². The van der Waals surface area contributed by atoms with E-state index >= 15 is 0 Å². The van der Waals surface area contributed by atoms with Gasteiger partial charge in [-0.25, -0.2) is 0 Å². The number of phenolic OH excluding ortho intramolecular Hbond substituents is 2. The number of benzene rings is 3. The molecule has 2 heterocycles. The number of ketones is 1. The molecule has 174 valence electrons. The van der Waals surface area contributed by atoms with E-state index < -0.39 is 11.5 Å². The van der Waals surface area contributed by atoms with Crippen LogP contribution in [0.4, 0.5) is 5.69 Å². The lowest BCUT2D eigenvalue weighted by atomic mass is 9.70. The van der Waals surface area contributed by atoms with Crippen LogP contribution >= 0.6 is 0 Å². The van der Waals surface area contributed by atoms with Gasteiger partial charge in [-0.3, -0.25) is 14.5 Å². The number of fused-ring (bicyclic) bond motifs is 2. The maximum Gasteiger partial charge on any atom is 0.250 e. The lowest BCUT2D eigenvalue weighted by Crippen LogP contribution is -2.51. The van der Waals surface area contributed by atoms with Crippen molar-refractivity contribution in [2.24, 2.45) is 5.92 Å². The molecule has 1 spiro atoms. The molecule has 2 aliphatic heterocycles. The first-order chi connectivity index (χ1) is 16.3. The van der Waals surface area contributed by atoms with E-state index in [0.717, 1.165) is 16.7 Å². The number of Topliss-reactive ketones (excluding diaryl/α,β-unsaturated/α-hetero) is 1. The van der Waals surface area contributed by atoms with E-state index in [4.69, 9.17) is 4.74 Å². The summed E-state index contributed by atoms with van der Waals surface area (Å²) in [7, 11) is 3.45. The molecule has 3 aromatic rings. The Morgan fingerprint density at radius 1 is 1.09 bits per heavy atom.